The average Bonchev–Trinajstić information content (AvgIpc) is 3.12. The summed E-state index contributed by atoms with van der Waals surface area (Å²) in [7, 11) is 0. The van der Waals surface area contributed by atoms with Crippen molar-refractivity contribution >= 4 is 17.5 Å². The van der Waals surface area contributed by atoms with Crippen molar-refractivity contribution in [3.8, 4) is 11.5 Å². The van der Waals surface area contributed by atoms with E-state index in [0.29, 0.717) is 108 Å². The molecule has 0 radical (unpaired) electrons. The quantitative estimate of drug-likeness (QED) is 0.315. The van der Waals surface area contributed by atoms with E-state index in [2.05, 4.69) is 26.6 Å². The van der Waals surface area contributed by atoms with Crippen LogP contribution in [-0.4, -0.2) is 143 Å². The molecule has 57 heavy (non-hydrogen) atoms. The van der Waals surface area contributed by atoms with Gasteiger partial charge in [-0.25, -0.2) is 4.79 Å². The maximum Gasteiger partial charge on any atom is 0.573 e. The Balaban J connectivity index is 0.000000224. The molecule has 0 saturated carbocycles. The predicted octanol–water partition coefficient (Wildman–Crippen LogP) is 6.08. The van der Waals surface area contributed by atoms with E-state index in [0.717, 1.165) is 25.3 Å². The van der Waals surface area contributed by atoms with Gasteiger partial charge in [-0.15, -0.1) is 26.3 Å². The van der Waals surface area contributed by atoms with E-state index in [1.807, 2.05) is 54.5 Å². The molecule has 4 aliphatic heterocycles. The third-order valence-corrected chi connectivity index (χ3v) is 9.89. The van der Waals surface area contributed by atoms with Crippen LogP contribution in [-0.2, 0) is 27.3 Å². The smallest absolute Gasteiger partial charge is 0.444 e. The van der Waals surface area contributed by atoms with E-state index >= 15 is 0 Å². The number of halogens is 6. The predicted molar refractivity (Wildman–Crippen MR) is 203 cm³/mol. The lowest BCUT2D eigenvalue weighted by molar-refractivity contribution is -0.276. The number of benzene rings is 2. The number of nitrogens with one attached hydrogen (secondary N) is 1. The van der Waals surface area contributed by atoms with Gasteiger partial charge in [-0.1, -0.05) is 12.1 Å². The van der Waals surface area contributed by atoms with E-state index in [4.69, 9.17) is 14.2 Å². The molecule has 1 amide bonds. The fourth-order valence-electron chi connectivity index (χ4n) is 7.23. The zero-order valence-corrected chi connectivity index (χ0v) is 33.4. The van der Waals surface area contributed by atoms with Gasteiger partial charge in [0.05, 0.1) is 26.4 Å². The lowest BCUT2D eigenvalue weighted by Gasteiger charge is -2.40. The van der Waals surface area contributed by atoms with Crippen LogP contribution in [0.15, 0.2) is 36.4 Å². The van der Waals surface area contributed by atoms with Gasteiger partial charge in [0.2, 0.25) is 0 Å². The molecule has 2 atom stereocenters. The molecule has 0 spiro atoms. The number of hydrogen-bond acceptors (Lipinski definition) is 11. The van der Waals surface area contributed by atoms with E-state index in [1.54, 1.807) is 17.0 Å². The van der Waals surface area contributed by atoms with E-state index in [1.165, 1.54) is 12.1 Å². The Bertz CT molecular complexity index is 1600. The SMILES string of the molecule is C[C@H]1CN(Cc2ccc(N3CCOCC3)cc2OC(F)(F)F)CCN1.C[C@H]1CN(Cc2ccc(N3CCOCC3)cc2OC(F)(F)F)CCN1C(=O)OC(C)(C)C. The van der Waals surface area contributed by atoms with Crippen molar-refractivity contribution in [2.45, 2.75) is 78.1 Å². The van der Waals surface area contributed by atoms with E-state index < -0.39 is 18.3 Å². The zero-order valence-electron chi connectivity index (χ0n) is 33.4. The number of nitrogens with zero attached hydrogens (tertiary/aromatic N) is 5. The Morgan fingerprint density at radius 1 is 0.702 bits per heavy atom. The number of hydrogen-bond donors (Lipinski definition) is 1. The fourth-order valence-corrected chi connectivity index (χ4v) is 7.23. The molecule has 0 aromatic heterocycles. The second-order valence-electron chi connectivity index (χ2n) is 15.7. The number of ether oxygens (including phenoxy) is 5. The van der Waals surface area contributed by atoms with Crippen LogP contribution >= 0.6 is 0 Å². The van der Waals surface area contributed by atoms with Crippen molar-refractivity contribution in [2.24, 2.45) is 0 Å². The molecule has 320 valence electrons. The Morgan fingerprint density at radius 3 is 1.60 bits per heavy atom. The summed E-state index contributed by atoms with van der Waals surface area (Å²) in [6.07, 6.45) is -9.85. The molecule has 2 aromatic rings. The first-order valence-electron chi connectivity index (χ1n) is 19.4. The number of anilines is 2. The maximum absolute atomic E-state index is 13.1. The summed E-state index contributed by atoms with van der Waals surface area (Å²) in [6, 6.07) is 10.3. The highest BCUT2D eigenvalue weighted by Crippen LogP contribution is 2.34. The van der Waals surface area contributed by atoms with Crippen molar-refractivity contribution in [2.75, 3.05) is 102 Å². The minimum absolute atomic E-state index is 0.109. The second kappa shape index (κ2) is 19.4. The highest BCUT2D eigenvalue weighted by Gasteiger charge is 2.35. The Hall–Kier alpha value is -3.71. The topological polar surface area (TPSA) is 91.5 Å². The molecule has 4 fully saturated rings. The Kier molecular flexibility index (Phi) is 15.1. The van der Waals surface area contributed by atoms with Gasteiger partial charge < -0.3 is 43.7 Å². The molecule has 4 saturated heterocycles. The normalized spacial score (nSPS) is 21.8. The van der Waals surface area contributed by atoms with Crippen LogP contribution in [0.4, 0.5) is 42.5 Å². The molecule has 18 heteroatoms. The lowest BCUT2D eigenvalue weighted by Crippen LogP contribution is -2.54. The molecular formula is C39H56F6N6O6. The molecule has 4 heterocycles. The largest absolute Gasteiger partial charge is 0.573 e. The molecule has 0 unspecified atom stereocenters. The maximum atomic E-state index is 13.1. The number of alkyl halides is 6. The zero-order chi connectivity index (χ0) is 41.4. The van der Waals surface area contributed by atoms with Crippen LogP contribution in [0.2, 0.25) is 0 Å². The summed E-state index contributed by atoms with van der Waals surface area (Å²) in [5, 5.41) is 3.33. The molecule has 1 N–H and O–H groups in total. The van der Waals surface area contributed by atoms with Crippen LogP contribution in [0.5, 0.6) is 11.5 Å². The third-order valence-electron chi connectivity index (χ3n) is 9.89. The minimum Gasteiger partial charge on any atom is -0.444 e. The number of amides is 1. The molecule has 0 bridgehead atoms. The number of carbonyl (C=O) groups is 1. The second-order valence-corrected chi connectivity index (χ2v) is 15.7. The third kappa shape index (κ3) is 14.3. The summed E-state index contributed by atoms with van der Waals surface area (Å²) in [6.45, 7) is 18.9. The van der Waals surface area contributed by atoms with Gasteiger partial charge in [-0.2, -0.15) is 0 Å². The van der Waals surface area contributed by atoms with Gasteiger partial charge in [0.1, 0.15) is 17.1 Å². The first kappa shape index (κ1) is 44.4. The lowest BCUT2D eigenvalue weighted by atomic mass is 10.1. The van der Waals surface area contributed by atoms with Gasteiger partial charge in [0.25, 0.3) is 0 Å². The first-order valence-corrected chi connectivity index (χ1v) is 19.4. The van der Waals surface area contributed by atoms with Crippen LogP contribution in [0.25, 0.3) is 0 Å². The Labute approximate surface area is 330 Å². The van der Waals surface area contributed by atoms with E-state index in [-0.39, 0.29) is 23.6 Å². The first-order chi connectivity index (χ1) is 26.8. The number of carbonyl (C=O) groups excluding carboxylic acids is 1. The van der Waals surface area contributed by atoms with Crippen LogP contribution in [0, 0.1) is 0 Å². The fraction of sp³-hybridized carbons (Fsp3) is 0.667. The summed E-state index contributed by atoms with van der Waals surface area (Å²) in [5.41, 5.74) is 1.85. The monoisotopic (exact) mass is 818 g/mol. The summed E-state index contributed by atoms with van der Waals surface area (Å²) in [5.74, 6) is -0.300. The van der Waals surface area contributed by atoms with Crippen molar-refractivity contribution < 1.29 is 54.8 Å². The molecule has 2 aromatic carbocycles. The number of morpholine rings is 2. The molecule has 0 aliphatic carbocycles. The summed E-state index contributed by atoms with van der Waals surface area (Å²) < 4.78 is 103. The molecule has 12 nitrogen and oxygen atoms in total. The van der Waals surface area contributed by atoms with Gasteiger partial charge in [-0.3, -0.25) is 9.80 Å². The summed E-state index contributed by atoms with van der Waals surface area (Å²) in [4.78, 5) is 22.3. The average molecular weight is 819 g/mol. The van der Waals surface area contributed by atoms with Gasteiger partial charge in [-0.05, 0) is 46.8 Å². The standard InChI is InChI=1S/C22H32F3N3O4.C17H24F3N3O2/c1-16-14-26(7-8-28(16)20(29)32-21(2,3)4)15-17-5-6-18(27-9-11-30-12-10-27)13-19(17)31-22(23,24)25;1-13-11-22(5-4-21-13)12-14-2-3-15(23-6-8-24-9-7-23)10-16(14)25-17(18,19)20/h5-6,13,16H,7-12,14-15H2,1-4H3;2-3,10,13,21H,4-9,11-12H2,1H3/t16-;13-/m00/s1. The molecular weight excluding hydrogens is 762 g/mol. The number of piperazine rings is 2. The van der Waals surface area contributed by atoms with E-state index in [9.17, 15) is 31.1 Å². The van der Waals surface area contributed by atoms with Crippen LogP contribution in [0.3, 0.4) is 0 Å². The van der Waals surface area contributed by atoms with Gasteiger partial charge in [0, 0.05) is 125 Å². The minimum atomic E-state index is -4.78. The van der Waals surface area contributed by atoms with Gasteiger partial charge >= 0.3 is 18.8 Å². The highest BCUT2D eigenvalue weighted by atomic mass is 19.4. The molecule has 4 aliphatic rings. The molecule has 6 rings (SSSR count). The van der Waals surface area contributed by atoms with Crippen molar-refractivity contribution in [3.63, 3.8) is 0 Å². The highest BCUT2D eigenvalue weighted by molar-refractivity contribution is 5.68. The number of rotatable bonds is 8. The van der Waals surface area contributed by atoms with Gasteiger partial charge in [0.15, 0.2) is 0 Å². The van der Waals surface area contributed by atoms with Crippen molar-refractivity contribution in [3.05, 3.63) is 47.5 Å². The van der Waals surface area contributed by atoms with Crippen molar-refractivity contribution in [1.82, 2.24) is 20.0 Å². The van der Waals surface area contributed by atoms with Crippen LogP contribution < -0.4 is 24.6 Å². The Morgan fingerprint density at radius 2 is 1.18 bits per heavy atom. The summed E-state index contributed by atoms with van der Waals surface area (Å²) >= 11 is 0. The van der Waals surface area contributed by atoms with Crippen LogP contribution in [0.1, 0.15) is 45.7 Å². The van der Waals surface area contributed by atoms with Crippen molar-refractivity contribution in [1.29, 1.82) is 0 Å².